The molecule has 0 heterocycles. The molecule has 5 heavy (non-hydrogen) atoms. The summed E-state index contributed by atoms with van der Waals surface area (Å²) in [6.07, 6.45) is 1.50. The van der Waals surface area contributed by atoms with Gasteiger partial charge in [0.05, 0.1) is 0 Å². The third-order valence-corrected chi connectivity index (χ3v) is 0. The summed E-state index contributed by atoms with van der Waals surface area (Å²) in [6.45, 7) is 6.50. The van der Waals surface area contributed by atoms with Crippen LogP contribution in [0, 0.1) is 6.92 Å². The van der Waals surface area contributed by atoms with Gasteiger partial charge in [-0.1, -0.05) is 0 Å². The Bertz CT molecular complexity index is 14.4. The van der Waals surface area contributed by atoms with Gasteiger partial charge in [0.25, 0.3) is 0 Å². The first-order valence-corrected chi connectivity index (χ1v) is 4.98. The summed E-state index contributed by atoms with van der Waals surface area (Å²) in [6, 6.07) is 0. The van der Waals surface area contributed by atoms with Gasteiger partial charge in [0, 0.05) is 0 Å². The molecule has 0 aromatic carbocycles. The van der Waals surface area contributed by atoms with Gasteiger partial charge in [-0.05, 0) is 0 Å². The fourth-order valence-electron chi connectivity index (χ4n) is 0. The van der Waals surface area contributed by atoms with Crippen molar-refractivity contribution in [3.63, 3.8) is 0 Å². The SMILES string of the molecule is C=C[CH2-].[Cl][Zn+]. The van der Waals surface area contributed by atoms with Crippen LogP contribution in [0.5, 0.6) is 0 Å². The normalized spacial score (nSPS) is 3.80. The van der Waals surface area contributed by atoms with Gasteiger partial charge in [0.15, 0.2) is 0 Å². The number of rotatable bonds is 0. The second kappa shape index (κ2) is 24.2. The molecule has 0 aromatic rings. The summed E-state index contributed by atoms with van der Waals surface area (Å²) in [5.74, 6) is 0. The van der Waals surface area contributed by atoms with Gasteiger partial charge in [-0.25, -0.2) is 19.6 Å². The van der Waals surface area contributed by atoms with Gasteiger partial charge in [-0.3, -0.25) is 0 Å². The van der Waals surface area contributed by atoms with E-state index in [4.69, 9.17) is 9.69 Å². The van der Waals surface area contributed by atoms with Gasteiger partial charge in [-0.15, -0.1) is 0 Å². The summed E-state index contributed by atoms with van der Waals surface area (Å²) < 4.78 is 0. The van der Waals surface area contributed by atoms with Crippen molar-refractivity contribution in [2.24, 2.45) is 0 Å². The third kappa shape index (κ3) is 105. The van der Waals surface area contributed by atoms with Gasteiger partial charge in [0.1, 0.15) is 0 Å². The standard InChI is InChI=1S/C3H5.ClH.Zn/c1-3-2;;/h3H,1-2H2;1H;/q-1;;+2/p-1. The quantitative estimate of drug-likeness (QED) is 0.356. The van der Waals surface area contributed by atoms with Crippen LogP contribution in [0.25, 0.3) is 0 Å². The van der Waals surface area contributed by atoms with E-state index in [0.717, 1.165) is 17.3 Å². The predicted octanol–water partition coefficient (Wildman–Crippen LogP) is 1.69. The van der Waals surface area contributed by atoms with E-state index < -0.39 is 0 Å². The molecule has 0 bridgehead atoms. The molecular weight excluding hydrogens is 137 g/mol. The Labute approximate surface area is 46.9 Å². The first kappa shape index (κ1) is 9.10. The zero-order valence-electron chi connectivity index (χ0n) is 3.08. The fourth-order valence-corrected chi connectivity index (χ4v) is 0. The summed E-state index contributed by atoms with van der Waals surface area (Å²) in [5, 5.41) is 0. The van der Waals surface area contributed by atoms with Crippen LogP contribution in [0.3, 0.4) is 0 Å². The van der Waals surface area contributed by atoms with E-state index in [9.17, 15) is 0 Å². The van der Waals surface area contributed by atoms with Crippen LogP contribution in [-0.2, 0) is 17.3 Å². The maximum absolute atomic E-state index is 4.76. The summed E-state index contributed by atoms with van der Waals surface area (Å²) >= 11 is 0.847. The van der Waals surface area contributed by atoms with Gasteiger partial charge in [0.2, 0.25) is 0 Å². The Hall–Kier alpha value is 0.523. The van der Waals surface area contributed by atoms with E-state index >= 15 is 0 Å². The van der Waals surface area contributed by atoms with Crippen LogP contribution in [0.4, 0.5) is 0 Å². The molecule has 0 spiro atoms. The zero-order chi connectivity index (χ0) is 4.71. The molecule has 0 aliphatic rings. The number of halogens is 1. The van der Waals surface area contributed by atoms with E-state index in [2.05, 4.69) is 13.5 Å². The minimum atomic E-state index is 0.847. The molecule has 0 N–H and O–H groups in total. The Morgan fingerprint density at radius 1 is 1.80 bits per heavy atom. The van der Waals surface area contributed by atoms with Crippen molar-refractivity contribution in [1.29, 1.82) is 0 Å². The first-order valence-electron chi connectivity index (χ1n) is 1.08. The van der Waals surface area contributed by atoms with Crippen molar-refractivity contribution in [2.45, 2.75) is 0 Å². The summed E-state index contributed by atoms with van der Waals surface area (Å²) in [5.41, 5.74) is 0. The fraction of sp³-hybridized carbons (Fsp3) is 0. The van der Waals surface area contributed by atoms with Gasteiger partial charge < -0.3 is 0 Å². The molecule has 0 amide bonds. The maximum atomic E-state index is 4.76. The van der Waals surface area contributed by atoms with Crippen LogP contribution in [0.15, 0.2) is 12.7 Å². The minimum absolute atomic E-state index is 0.847. The third-order valence-electron chi connectivity index (χ3n) is 0. The van der Waals surface area contributed by atoms with Gasteiger partial charge in [-0.2, -0.15) is 0 Å². The molecule has 0 saturated heterocycles. The molecule has 0 saturated carbocycles. The monoisotopic (exact) mass is 140 g/mol. The second-order valence-electron chi connectivity index (χ2n) is 0.289. The molecule has 0 nitrogen and oxygen atoms in total. The van der Waals surface area contributed by atoms with Crippen molar-refractivity contribution in [1.82, 2.24) is 0 Å². The summed E-state index contributed by atoms with van der Waals surface area (Å²) in [4.78, 5) is 0. The van der Waals surface area contributed by atoms with E-state index in [1.165, 1.54) is 6.08 Å². The van der Waals surface area contributed by atoms with Crippen LogP contribution in [0.2, 0.25) is 0 Å². The molecular formula is C3H5ClZn. The Morgan fingerprint density at radius 2 is 1.80 bits per heavy atom. The van der Waals surface area contributed by atoms with Crippen LogP contribution in [0.1, 0.15) is 0 Å². The van der Waals surface area contributed by atoms with Crippen LogP contribution in [-0.4, -0.2) is 0 Å². The molecule has 0 fully saturated rings. The number of hydrogen-bond acceptors (Lipinski definition) is 0. The molecule has 0 aliphatic heterocycles. The van der Waals surface area contributed by atoms with Crippen LogP contribution >= 0.6 is 9.69 Å². The zero-order valence-corrected chi connectivity index (χ0v) is 6.80. The summed E-state index contributed by atoms with van der Waals surface area (Å²) in [7, 11) is 4.76. The molecule has 2 heteroatoms. The van der Waals surface area contributed by atoms with Crippen molar-refractivity contribution >= 4 is 9.69 Å². The second-order valence-corrected chi connectivity index (χ2v) is 0.289. The van der Waals surface area contributed by atoms with Crippen molar-refractivity contribution in [2.75, 3.05) is 0 Å². The Morgan fingerprint density at radius 3 is 1.80 bits per heavy atom. The average molecular weight is 142 g/mol. The molecule has 0 unspecified atom stereocenters. The predicted molar refractivity (Wildman–Crippen MR) is 21.4 cm³/mol. The molecule has 0 aliphatic carbocycles. The van der Waals surface area contributed by atoms with E-state index in [0.29, 0.717) is 0 Å². The van der Waals surface area contributed by atoms with Crippen molar-refractivity contribution in [3.05, 3.63) is 19.6 Å². The molecule has 0 radical (unpaired) electrons. The van der Waals surface area contributed by atoms with E-state index in [1.54, 1.807) is 0 Å². The number of allylic oxidation sites excluding steroid dienone is 1. The van der Waals surface area contributed by atoms with E-state index in [-0.39, 0.29) is 0 Å². The molecule has 0 aromatic heterocycles. The van der Waals surface area contributed by atoms with Crippen LogP contribution < -0.4 is 0 Å². The first-order chi connectivity index (χ1) is 2.41. The molecule has 26 valence electrons. The van der Waals surface area contributed by atoms with Gasteiger partial charge >= 0.3 is 27.0 Å². The average Bonchev–Trinajstić information content (AvgIpc) is 1.46. The van der Waals surface area contributed by atoms with Crippen molar-refractivity contribution < 1.29 is 17.3 Å². The molecule has 0 rings (SSSR count). The Balaban J connectivity index is 0. The molecule has 0 atom stereocenters. The Kier molecular flexibility index (Phi) is 44.1. The van der Waals surface area contributed by atoms with E-state index in [1.807, 2.05) is 0 Å². The topological polar surface area (TPSA) is 0 Å². The number of hydrogen-bond donors (Lipinski definition) is 0. The van der Waals surface area contributed by atoms with Crippen molar-refractivity contribution in [3.8, 4) is 0 Å².